The Morgan fingerprint density at radius 1 is 1.00 bits per heavy atom. The fourth-order valence-electron chi connectivity index (χ4n) is 7.65. The number of carbonyl (C=O) groups excluding carboxylic acids is 5. The van der Waals surface area contributed by atoms with Gasteiger partial charge >= 0.3 is 0 Å². The molecule has 0 radical (unpaired) electrons. The summed E-state index contributed by atoms with van der Waals surface area (Å²) in [6.45, 7) is 1.43. The topological polar surface area (TPSA) is 121 Å². The molecule has 1 saturated carbocycles. The van der Waals surface area contributed by atoms with Crippen molar-refractivity contribution in [2.24, 2.45) is 23.7 Å². The number of ketones is 1. The maximum atomic E-state index is 14.1. The SMILES string of the molecule is CC(=O)c1ccc(N2C(=O)C3CC=C4C(CC5(Cl)C(=O)N(C)C(=O)C5(Cl)C4C4=COc5ccc(O)cc5C4)C3C2=O)cc1. The zero-order valence-corrected chi connectivity index (χ0v) is 24.7. The number of amides is 4. The lowest BCUT2D eigenvalue weighted by atomic mass is 9.56. The van der Waals surface area contributed by atoms with Crippen LogP contribution < -0.4 is 9.64 Å². The molecule has 6 atom stereocenters. The van der Waals surface area contributed by atoms with E-state index >= 15 is 0 Å². The number of fused-ring (bicyclic) bond motifs is 5. The second-order valence-electron chi connectivity index (χ2n) is 11.9. The van der Waals surface area contributed by atoms with Crippen LogP contribution in [0.3, 0.4) is 0 Å². The zero-order valence-electron chi connectivity index (χ0n) is 23.2. The number of allylic oxidation sites excluding steroid dienone is 3. The number of phenolic OH excluding ortho intramolecular Hbond substituents is 1. The van der Waals surface area contributed by atoms with Crippen molar-refractivity contribution in [1.29, 1.82) is 0 Å². The number of phenols is 1. The molecule has 7 rings (SSSR count). The van der Waals surface area contributed by atoms with E-state index in [0.717, 1.165) is 9.80 Å². The van der Waals surface area contributed by atoms with Crippen LogP contribution in [0.2, 0.25) is 0 Å². The number of halogens is 2. The molecule has 6 unspecified atom stereocenters. The van der Waals surface area contributed by atoms with Gasteiger partial charge in [0.15, 0.2) is 15.5 Å². The molecule has 3 fully saturated rings. The first-order valence-electron chi connectivity index (χ1n) is 13.9. The van der Waals surface area contributed by atoms with Crippen LogP contribution in [-0.2, 0) is 25.6 Å². The second kappa shape index (κ2) is 9.27. The summed E-state index contributed by atoms with van der Waals surface area (Å²) in [6.07, 6.45) is 3.73. The van der Waals surface area contributed by atoms with Gasteiger partial charge in [-0.25, -0.2) is 0 Å². The first kappa shape index (κ1) is 27.9. The fraction of sp³-hybridized carbons (Fsp3) is 0.344. The van der Waals surface area contributed by atoms with Crippen LogP contribution in [0.1, 0.15) is 35.7 Å². The number of carbonyl (C=O) groups is 5. The van der Waals surface area contributed by atoms with Crippen molar-refractivity contribution in [1.82, 2.24) is 4.90 Å². The van der Waals surface area contributed by atoms with E-state index < -0.39 is 51.1 Å². The number of nitrogens with zero attached hydrogens (tertiary/aromatic N) is 2. The Bertz CT molecular complexity index is 1730. The Hall–Kier alpha value is -3.95. The van der Waals surface area contributed by atoms with Crippen molar-refractivity contribution >= 4 is 58.3 Å². The molecule has 1 N–H and O–H groups in total. The van der Waals surface area contributed by atoms with E-state index in [4.69, 9.17) is 27.9 Å². The minimum Gasteiger partial charge on any atom is -0.508 e. The normalized spacial score (nSPS) is 32.8. The summed E-state index contributed by atoms with van der Waals surface area (Å²) in [6, 6.07) is 11.0. The molecule has 0 bridgehead atoms. The molecule has 11 heteroatoms. The van der Waals surface area contributed by atoms with Crippen LogP contribution in [0.4, 0.5) is 5.69 Å². The number of alkyl halides is 2. The summed E-state index contributed by atoms with van der Waals surface area (Å²) in [4.78, 5) is 65.2. The maximum absolute atomic E-state index is 14.1. The van der Waals surface area contributed by atoms with Gasteiger partial charge in [0.2, 0.25) is 11.8 Å². The highest BCUT2D eigenvalue weighted by atomic mass is 35.5. The van der Waals surface area contributed by atoms with Crippen molar-refractivity contribution in [3.63, 3.8) is 0 Å². The number of benzene rings is 2. The van der Waals surface area contributed by atoms with Crippen molar-refractivity contribution in [2.45, 2.75) is 35.9 Å². The minimum atomic E-state index is -1.91. The van der Waals surface area contributed by atoms with Crippen LogP contribution in [0, 0.1) is 23.7 Å². The first-order valence-corrected chi connectivity index (χ1v) is 14.7. The Balaban J connectivity index is 1.33. The third-order valence-electron chi connectivity index (χ3n) is 9.69. The van der Waals surface area contributed by atoms with E-state index in [1.165, 1.54) is 26.3 Å². The highest BCUT2D eigenvalue weighted by Crippen LogP contribution is 2.64. The van der Waals surface area contributed by atoms with Crippen LogP contribution in [0.5, 0.6) is 11.5 Å². The third kappa shape index (κ3) is 3.61. The quantitative estimate of drug-likeness (QED) is 0.237. The molecular formula is C32H26Cl2N2O7. The summed E-state index contributed by atoms with van der Waals surface area (Å²) in [5, 5.41) is 10.1. The Labute approximate surface area is 256 Å². The Morgan fingerprint density at radius 3 is 2.42 bits per heavy atom. The van der Waals surface area contributed by atoms with Gasteiger partial charge in [-0.05, 0) is 73.7 Å². The molecule has 2 aliphatic carbocycles. The molecule has 3 heterocycles. The number of anilines is 1. The monoisotopic (exact) mass is 620 g/mol. The van der Waals surface area contributed by atoms with Gasteiger partial charge in [-0.3, -0.25) is 33.8 Å². The predicted molar refractivity (Wildman–Crippen MR) is 156 cm³/mol. The van der Waals surface area contributed by atoms with Crippen molar-refractivity contribution in [2.75, 3.05) is 11.9 Å². The van der Waals surface area contributed by atoms with E-state index in [0.29, 0.717) is 33.7 Å². The number of aromatic hydroxyl groups is 1. The summed E-state index contributed by atoms with van der Waals surface area (Å²) in [7, 11) is 1.34. The molecule has 0 spiro atoms. The van der Waals surface area contributed by atoms with Crippen LogP contribution >= 0.6 is 23.2 Å². The van der Waals surface area contributed by atoms with Gasteiger partial charge in [-0.2, -0.15) is 0 Å². The van der Waals surface area contributed by atoms with Gasteiger partial charge < -0.3 is 9.84 Å². The standard InChI is InChI=1S/C32H26Cl2N2O7/c1-15(37)16-3-5-19(6-4-16)36-27(39)22-9-8-21-23(25(22)28(36)40)13-31(33)29(41)35(2)30(42)32(31,34)26(21)18-11-17-12-20(38)7-10-24(17)43-14-18/h3-8,10,12,14,22-23,25-26,38H,9,11,13H2,1-2H3. The van der Waals surface area contributed by atoms with Crippen molar-refractivity contribution < 1.29 is 33.8 Å². The summed E-state index contributed by atoms with van der Waals surface area (Å²) < 4.78 is 5.90. The van der Waals surface area contributed by atoms with E-state index in [1.54, 1.807) is 36.4 Å². The van der Waals surface area contributed by atoms with Crippen LogP contribution in [-0.4, -0.2) is 56.2 Å². The van der Waals surface area contributed by atoms with E-state index in [1.807, 2.05) is 6.08 Å². The number of ether oxygens (including phenoxy) is 1. The average Bonchev–Trinajstić information content (AvgIpc) is 3.31. The lowest BCUT2D eigenvalue weighted by Crippen LogP contribution is -2.61. The highest BCUT2D eigenvalue weighted by molar-refractivity contribution is 6.53. The molecule has 4 amide bonds. The molecule has 3 aliphatic heterocycles. The number of likely N-dealkylation sites (tertiary alicyclic amines) is 1. The van der Waals surface area contributed by atoms with Crippen molar-refractivity contribution in [3.05, 3.63) is 77.1 Å². The number of hydrogen-bond acceptors (Lipinski definition) is 7. The lowest BCUT2D eigenvalue weighted by molar-refractivity contribution is -0.138. The predicted octanol–water partition coefficient (Wildman–Crippen LogP) is 4.14. The maximum Gasteiger partial charge on any atom is 0.253 e. The molecular weight excluding hydrogens is 595 g/mol. The van der Waals surface area contributed by atoms with Crippen LogP contribution in [0.15, 0.2) is 65.9 Å². The van der Waals surface area contributed by atoms with E-state index in [9.17, 15) is 29.1 Å². The summed E-state index contributed by atoms with van der Waals surface area (Å²) in [5.41, 5.74) is 2.69. The van der Waals surface area contributed by atoms with Gasteiger partial charge in [-0.15, -0.1) is 23.2 Å². The Morgan fingerprint density at radius 2 is 1.72 bits per heavy atom. The minimum absolute atomic E-state index is 0.0375. The molecule has 2 aromatic carbocycles. The fourth-order valence-corrected chi connectivity index (χ4v) is 8.69. The number of Topliss-reactive ketones (excluding diaryl/α,β-unsaturated/α-hetero) is 1. The average molecular weight is 621 g/mol. The number of imide groups is 2. The smallest absolute Gasteiger partial charge is 0.253 e. The lowest BCUT2D eigenvalue weighted by Gasteiger charge is -2.51. The van der Waals surface area contributed by atoms with Gasteiger partial charge in [0, 0.05) is 30.5 Å². The number of hydrogen-bond donors (Lipinski definition) is 1. The van der Waals surface area contributed by atoms with Gasteiger partial charge in [0.25, 0.3) is 11.8 Å². The van der Waals surface area contributed by atoms with E-state index in [-0.39, 0.29) is 36.7 Å². The van der Waals surface area contributed by atoms with Gasteiger partial charge in [0.1, 0.15) is 11.5 Å². The summed E-state index contributed by atoms with van der Waals surface area (Å²) in [5.74, 6) is -4.82. The summed E-state index contributed by atoms with van der Waals surface area (Å²) >= 11 is 14.5. The Kier molecular flexibility index (Phi) is 6.01. The molecule has 9 nitrogen and oxygen atoms in total. The number of rotatable bonds is 3. The van der Waals surface area contributed by atoms with E-state index in [2.05, 4.69) is 0 Å². The van der Waals surface area contributed by atoms with Gasteiger partial charge in [-0.1, -0.05) is 11.6 Å². The largest absolute Gasteiger partial charge is 0.508 e. The van der Waals surface area contributed by atoms with Gasteiger partial charge in [0.05, 0.1) is 23.8 Å². The second-order valence-corrected chi connectivity index (χ2v) is 13.1. The third-order valence-corrected chi connectivity index (χ3v) is 11.1. The zero-order chi connectivity index (χ0) is 30.6. The molecule has 0 aromatic heterocycles. The molecule has 5 aliphatic rings. The first-order chi connectivity index (χ1) is 20.4. The van der Waals surface area contributed by atoms with Crippen LogP contribution in [0.25, 0.3) is 0 Å². The van der Waals surface area contributed by atoms with Crippen molar-refractivity contribution in [3.8, 4) is 11.5 Å². The molecule has 220 valence electrons. The molecule has 2 aromatic rings. The molecule has 2 saturated heterocycles. The highest BCUT2D eigenvalue weighted by Gasteiger charge is 2.76. The molecule has 43 heavy (non-hydrogen) atoms.